The van der Waals surface area contributed by atoms with Crippen LogP contribution in [0.4, 0.5) is 0 Å². The fraction of sp³-hybridized carbons (Fsp3) is 0.526. The summed E-state index contributed by atoms with van der Waals surface area (Å²) in [5.41, 5.74) is 3.18. The second-order valence-electron chi connectivity index (χ2n) is 6.61. The molecule has 1 aliphatic heterocycles. The van der Waals surface area contributed by atoms with Crippen molar-refractivity contribution >= 4 is 0 Å². The molecule has 130 valence electrons. The Labute approximate surface area is 143 Å². The Balaban J connectivity index is 1.66. The van der Waals surface area contributed by atoms with Crippen molar-refractivity contribution in [3.05, 3.63) is 47.0 Å². The van der Waals surface area contributed by atoms with Crippen LogP contribution in [0.2, 0.25) is 0 Å². The van der Waals surface area contributed by atoms with Crippen molar-refractivity contribution < 1.29 is 9.84 Å². The minimum absolute atomic E-state index is 0.0122. The van der Waals surface area contributed by atoms with E-state index in [2.05, 4.69) is 39.8 Å². The van der Waals surface area contributed by atoms with Crippen LogP contribution in [0.3, 0.4) is 0 Å². The first-order chi connectivity index (χ1) is 11.6. The van der Waals surface area contributed by atoms with Gasteiger partial charge in [0.25, 0.3) is 0 Å². The molecule has 2 aromatic rings. The van der Waals surface area contributed by atoms with Gasteiger partial charge >= 0.3 is 0 Å². The molecule has 1 fully saturated rings. The summed E-state index contributed by atoms with van der Waals surface area (Å²) in [7, 11) is 2.08. The molecule has 1 atom stereocenters. The Morgan fingerprint density at radius 2 is 2.21 bits per heavy atom. The van der Waals surface area contributed by atoms with Crippen molar-refractivity contribution in [2.24, 2.45) is 7.05 Å². The van der Waals surface area contributed by atoms with E-state index in [1.165, 1.54) is 11.4 Å². The van der Waals surface area contributed by atoms with Crippen molar-refractivity contribution in [1.29, 1.82) is 0 Å². The maximum absolute atomic E-state index is 9.55. The lowest BCUT2D eigenvalue weighted by Crippen LogP contribution is -2.20. The Bertz CT molecular complexity index is 696. The first-order valence-electron chi connectivity index (χ1n) is 8.68. The molecule has 0 saturated carbocycles. The van der Waals surface area contributed by atoms with Gasteiger partial charge in [0.1, 0.15) is 11.6 Å². The van der Waals surface area contributed by atoms with Gasteiger partial charge in [-0.1, -0.05) is 6.07 Å². The van der Waals surface area contributed by atoms with Gasteiger partial charge in [-0.05, 0) is 44.5 Å². The lowest BCUT2D eigenvalue weighted by molar-refractivity contribution is 0.266. The van der Waals surface area contributed by atoms with Crippen LogP contribution in [0.15, 0.2) is 24.4 Å². The fourth-order valence-electron chi connectivity index (χ4n) is 3.61. The molecule has 24 heavy (non-hydrogen) atoms. The highest BCUT2D eigenvalue weighted by molar-refractivity contribution is 5.37. The first kappa shape index (κ1) is 17.0. The molecule has 2 heterocycles. The zero-order valence-electron chi connectivity index (χ0n) is 14.8. The van der Waals surface area contributed by atoms with E-state index in [0.29, 0.717) is 12.5 Å². The first-order valence-corrected chi connectivity index (χ1v) is 8.68. The minimum atomic E-state index is 0.0122. The largest absolute Gasteiger partial charge is 0.494 e. The molecule has 5 nitrogen and oxygen atoms in total. The standard InChI is InChI=1S/C19H27N3O2/c1-4-24-18-6-5-15(9-17(18)13-23)11-22-8-7-16(12-22)19-20-14(2)10-21(19)3/h5-6,9-10,16,23H,4,7-8,11-13H2,1-3H3. The number of imidazole rings is 1. The summed E-state index contributed by atoms with van der Waals surface area (Å²) in [5, 5.41) is 9.55. The van der Waals surface area contributed by atoms with Crippen molar-refractivity contribution in [3.63, 3.8) is 0 Å². The van der Waals surface area contributed by atoms with Gasteiger partial charge in [0.2, 0.25) is 0 Å². The highest BCUT2D eigenvalue weighted by Gasteiger charge is 2.27. The van der Waals surface area contributed by atoms with Gasteiger partial charge in [-0.3, -0.25) is 4.90 Å². The highest BCUT2D eigenvalue weighted by Crippen LogP contribution is 2.28. The molecule has 1 N–H and O–H groups in total. The zero-order valence-corrected chi connectivity index (χ0v) is 14.8. The number of aromatic nitrogens is 2. The van der Waals surface area contributed by atoms with Crippen LogP contribution >= 0.6 is 0 Å². The molecule has 0 aliphatic carbocycles. The number of benzene rings is 1. The molecule has 1 saturated heterocycles. The molecule has 5 heteroatoms. The van der Waals surface area contributed by atoms with Crippen LogP contribution in [0.25, 0.3) is 0 Å². The number of aliphatic hydroxyl groups is 1. The molecule has 1 aromatic carbocycles. The van der Waals surface area contributed by atoms with E-state index in [1.54, 1.807) is 0 Å². The summed E-state index contributed by atoms with van der Waals surface area (Å²) in [4.78, 5) is 7.14. The molecule has 0 radical (unpaired) electrons. The van der Waals surface area contributed by atoms with Gasteiger partial charge in [0, 0.05) is 37.8 Å². The summed E-state index contributed by atoms with van der Waals surface area (Å²) >= 11 is 0. The molecular formula is C19H27N3O2. The van der Waals surface area contributed by atoms with E-state index in [9.17, 15) is 5.11 Å². The second-order valence-corrected chi connectivity index (χ2v) is 6.61. The molecule has 1 unspecified atom stereocenters. The minimum Gasteiger partial charge on any atom is -0.494 e. The number of likely N-dealkylation sites (tertiary alicyclic amines) is 1. The maximum Gasteiger partial charge on any atom is 0.124 e. The summed E-state index contributed by atoms with van der Waals surface area (Å²) < 4.78 is 7.72. The number of ether oxygens (including phenoxy) is 1. The lowest BCUT2D eigenvalue weighted by Gasteiger charge is -2.17. The smallest absolute Gasteiger partial charge is 0.124 e. The third-order valence-electron chi connectivity index (χ3n) is 4.67. The molecular weight excluding hydrogens is 302 g/mol. The molecule has 0 amide bonds. The van der Waals surface area contributed by atoms with Crippen LogP contribution in [0, 0.1) is 6.92 Å². The van der Waals surface area contributed by atoms with Crippen LogP contribution in [0.1, 0.15) is 41.9 Å². The normalized spacial score (nSPS) is 18.2. The number of nitrogens with zero attached hydrogens (tertiary/aromatic N) is 3. The Kier molecular flexibility index (Phi) is 5.21. The van der Waals surface area contributed by atoms with Crippen molar-refractivity contribution in [3.8, 4) is 5.75 Å². The molecule has 1 aromatic heterocycles. The van der Waals surface area contributed by atoms with Gasteiger partial charge in [-0.2, -0.15) is 0 Å². The van der Waals surface area contributed by atoms with Gasteiger partial charge < -0.3 is 14.4 Å². The molecule has 0 spiro atoms. The third-order valence-corrected chi connectivity index (χ3v) is 4.67. The van der Waals surface area contributed by atoms with E-state index in [0.717, 1.165) is 43.1 Å². The summed E-state index contributed by atoms with van der Waals surface area (Å²) in [6, 6.07) is 6.13. The Morgan fingerprint density at radius 1 is 1.38 bits per heavy atom. The third kappa shape index (κ3) is 3.62. The number of aryl methyl sites for hydroxylation is 2. The molecule has 0 bridgehead atoms. The predicted molar refractivity (Wildman–Crippen MR) is 94.1 cm³/mol. The topological polar surface area (TPSA) is 50.5 Å². The predicted octanol–water partition coefficient (Wildman–Crippen LogP) is 2.61. The number of rotatable bonds is 6. The van der Waals surface area contributed by atoms with Gasteiger partial charge in [0.15, 0.2) is 0 Å². The number of aliphatic hydroxyl groups excluding tert-OH is 1. The van der Waals surface area contributed by atoms with E-state index in [-0.39, 0.29) is 6.61 Å². The number of hydrogen-bond donors (Lipinski definition) is 1. The van der Waals surface area contributed by atoms with Gasteiger partial charge in [0.05, 0.1) is 18.9 Å². The summed E-state index contributed by atoms with van der Waals surface area (Å²) in [5.74, 6) is 2.48. The Hall–Kier alpha value is -1.85. The van der Waals surface area contributed by atoms with Crippen LogP contribution in [-0.2, 0) is 20.2 Å². The van der Waals surface area contributed by atoms with Crippen molar-refractivity contribution in [2.45, 2.75) is 39.3 Å². The van der Waals surface area contributed by atoms with Crippen LogP contribution < -0.4 is 4.74 Å². The molecule has 3 rings (SSSR count). The van der Waals surface area contributed by atoms with Crippen molar-refractivity contribution in [2.75, 3.05) is 19.7 Å². The SMILES string of the molecule is CCOc1ccc(CN2CCC(c3nc(C)cn3C)C2)cc1CO. The zero-order chi connectivity index (χ0) is 17.1. The van der Waals surface area contributed by atoms with Crippen LogP contribution in [-0.4, -0.2) is 39.3 Å². The summed E-state index contributed by atoms with van der Waals surface area (Å²) in [6.45, 7) is 7.65. The van der Waals surface area contributed by atoms with Gasteiger partial charge in [-0.15, -0.1) is 0 Å². The maximum atomic E-state index is 9.55. The average molecular weight is 329 g/mol. The van der Waals surface area contributed by atoms with E-state index >= 15 is 0 Å². The lowest BCUT2D eigenvalue weighted by atomic mass is 10.1. The average Bonchev–Trinajstić information content (AvgIpc) is 3.15. The van der Waals surface area contributed by atoms with Gasteiger partial charge in [-0.25, -0.2) is 4.98 Å². The van der Waals surface area contributed by atoms with E-state index in [4.69, 9.17) is 4.74 Å². The second kappa shape index (κ2) is 7.36. The summed E-state index contributed by atoms with van der Waals surface area (Å²) in [6.07, 6.45) is 3.24. The van der Waals surface area contributed by atoms with Crippen LogP contribution in [0.5, 0.6) is 5.75 Å². The highest BCUT2D eigenvalue weighted by atomic mass is 16.5. The van der Waals surface area contributed by atoms with Crippen molar-refractivity contribution in [1.82, 2.24) is 14.5 Å². The monoisotopic (exact) mass is 329 g/mol. The Morgan fingerprint density at radius 3 is 2.88 bits per heavy atom. The number of hydrogen-bond acceptors (Lipinski definition) is 4. The van der Waals surface area contributed by atoms with E-state index < -0.39 is 0 Å². The van der Waals surface area contributed by atoms with E-state index in [1.807, 2.05) is 19.9 Å². The molecule has 1 aliphatic rings. The quantitative estimate of drug-likeness (QED) is 0.885. The fourth-order valence-corrected chi connectivity index (χ4v) is 3.61.